The molecule has 2 unspecified atom stereocenters. The Labute approximate surface area is 109 Å². The lowest BCUT2D eigenvalue weighted by Gasteiger charge is -2.29. The average Bonchev–Trinajstić information content (AvgIpc) is 2.54. The van der Waals surface area contributed by atoms with Gasteiger partial charge in [-0.05, 0) is 44.9 Å². The summed E-state index contributed by atoms with van der Waals surface area (Å²) in [6.07, 6.45) is 4.49. The van der Waals surface area contributed by atoms with Gasteiger partial charge in [0.2, 0.25) is 0 Å². The molecule has 0 aromatic carbocycles. The highest BCUT2D eigenvalue weighted by Gasteiger charge is 2.28. The van der Waals surface area contributed by atoms with E-state index in [1.807, 2.05) is 31.3 Å². The molecule has 1 fully saturated rings. The third kappa shape index (κ3) is 3.28. The van der Waals surface area contributed by atoms with Crippen LogP contribution >= 0.6 is 0 Å². The lowest BCUT2D eigenvalue weighted by molar-refractivity contribution is 0.0430. The van der Waals surface area contributed by atoms with E-state index in [0.29, 0.717) is 6.54 Å². The van der Waals surface area contributed by atoms with Gasteiger partial charge in [0.1, 0.15) is 0 Å². The molecule has 0 amide bonds. The largest absolute Gasteiger partial charge is 0.390 e. The van der Waals surface area contributed by atoms with Crippen LogP contribution in [0.1, 0.15) is 37.9 Å². The number of aromatic nitrogens is 1. The second-order valence-corrected chi connectivity index (χ2v) is 5.39. The molecule has 4 nitrogen and oxygen atoms in total. The van der Waals surface area contributed by atoms with Gasteiger partial charge in [0.05, 0.1) is 17.3 Å². The Morgan fingerprint density at radius 3 is 2.94 bits per heavy atom. The van der Waals surface area contributed by atoms with Gasteiger partial charge < -0.3 is 10.8 Å². The number of likely N-dealkylation sites (tertiary alicyclic amines) is 1. The van der Waals surface area contributed by atoms with Gasteiger partial charge in [0.15, 0.2) is 0 Å². The molecule has 4 heteroatoms. The number of nitrogens with zero attached hydrogens (tertiary/aromatic N) is 2. The Balaban J connectivity index is 2.09. The minimum absolute atomic E-state index is 0.167. The van der Waals surface area contributed by atoms with Crippen LogP contribution < -0.4 is 5.73 Å². The minimum Gasteiger partial charge on any atom is -0.390 e. The number of nitrogens with two attached hydrogens (primary N) is 1. The quantitative estimate of drug-likeness (QED) is 0.848. The fraction of sp³-hybridized carbons (Fsp3) is 0.643. The number of rotatable bonds is 3. The smallest absolute Gasteiger partial charge is 0.0644 e. The second-order valence-electron chi connectivity index (χ2n) is 5.39. The minimum atomic E-state index is -0.530. The Kier molecular flexibility index (Phi) is 4.32. The van der Waals surface area contributed by atoms with Gasteiger partial charge in [-0.1, -0.05) is 6.07 Å². The van der Waals surface area contributed by atoms with Crippen LogP contribution in [0.4, 0.5) is 0 Å². The molecule has 1 aliphatic heterocycles. The van der Waals surface area contributed by atoms with Crippen molar-refractivity contribution in [2.45, 2.75) is 37.8 Å². The summed E-state index contributed by atoms with van der Waals surface area (Å²) in [5.74, 6) is 0. The Bertz CT molecular complexity index is 367. The number of hydrogen-bond donors (Lipinski definition) is 2. The molecule has 0 bridgehead atoms. The van der Waals surface area contributed by atoms with E-state index in [0.717, 1.165) is 38.0 Å². The first kappa shape index (κ1) is 13.5. The lowest BCUT2D eigenvalue weighted by atomic mass is 9.98. The molecule has 2 rings (SSSR count). The van der Waals surface area contributed by atoms with Gasteiger partial charge in [0, 0.05) is 19.3 Å². The summed E-state index contributed by atoms with van der Waals surface area (Å²) >= 11 is 0. The fourth-order valence-electron chi connectivity index (χ4n) is 2.63. The third-order valence-electron chi connectivity index (χ3n) is 3.79. The molecule has 1 aromatic heterocycles. The van der Waals surface area contributed by atoms with Gasteiger partial charge in [-0.25, -0.2) is 0 Å². The highest BCUT2D eigenvalue weighted by atomic mass is 16.3. The van der Waals surface area contributed by atoms with Crippen molar-refractivity contribution in [2.75, 3.05) is 19.6 Å². The van der Waals surface area contributed by atoms with Crippen molar-refractivity contribution in [3.8, 4) is 0 Å². The third-order valence-corrected chi connectivity index (χ3v) is 3.79. The van der Waals surface area contributed by atoms with E-state index in [2.05, 4.69) is 9.88 Å². The van der Waals surface area contributed by atoms with Crippen LogP contribution in [0.15, 0.2) is 24.4 Å². The first-order chi connectivity index (χ1) is 8.62. The molecule has 100 valence electrons. The number of aliphatic hydroxyl groups is 1. The Hall–Kier alpha value is -0.970. The van der Waals surface area contributed by atoms with Crippen LogP contribution in [0.25, 0.3) is 0 Å². The van der Waals surface area contributed by atoms with Crippen LogP contribution in [0.2, 0.25) is 0 Å². The molecule has 18 heavy (non-hydrogen) atoms. The van der Waals surface area contributed by atoms with Crippen LogP contribution in [0.5, 0.6) is 0 Å². The number of pyridine rings is 1. The van der Waals surface area contributed by atoms with Gasteiger partial charge in [-0.2, -0.15) is 0 Å². The zero-order valence-corrected chi connectivity index (χ0v) is 11.0. The van der Waals surface area contributed by atoms with E-state index < -0.39 is 5.60 Å². The predicted molar refractivity (Wildman–Crippen MR) is 72.1 cm³/mol. The molecular formula is C14H23N3O. The van der Waals surface area contributed by atoms with Gasteiger partial charge in [-0.15, -0.1) is 0 Å². The van der Waals surface area contributed by atoms with Gasteiger partial charge in [-0.3, -0.25) is 9.88 Å². The normalized spacial score (nSPS) is 27.7. The van der Waals surface area contributed by atoms with Gasteiger partial charge >= 0.3 is 0 Å². The van der Waals surface area contributed by atoms with Crippen molar-refractivity contribution in [3.63, 3.8) is 0 Å². The van der Waals surface area contributed by atoms with E-state index >= 15 is 0 Å². The lowest BCUT2D eigenvalue weighted by Crippen LogP contribution is -2.36. The van der Waals surface area contributed by atoms with Crippen molar-refractivity contribution >= 4 is 0 Å². The summed E-state index contributed by atoms with van der Waals surface area (Å²) in [7, 11) is 0. The van der Waals surface area contributed by atoms with E-state index in [-0.39, 0.29) is 6.04 Å². The van der Waals surface area contributed by atoms with E-state index in [1.54, 1.807) is 0 Å². The SMILES string of the molecule is CC1(O)CCCN(C(CN)c2ccccn2)CC1. The molecule has 0 aliphatic carbocycles. The summed E-state index contributed by atoms with van der Waals surface area (Å²) in [6.45, 7) is 4.36. The van der Waals surface area contributed by atoms with Crippen LogP contribution in [0, 0.1) is 0 Å². The first-order valence-electron chi connectivity index (χ1n) is 6.70. The van der Waals surface area contributed by atoms with E-state index in [1.165, 1.54) is 0 Å². The first-order valence-corrected chi connectivity index (χ1v) is 6.70. The van der Waals surface area contributed by atoms with Crippen LogP contribution in [-0.2, 0) is 0 Å². The zero-order valence-electron chi connectivity index (χ0n) is 11.0. The maximum Gasteiger partial charge on any atom is 0.0644 e. The van der Waals surface area contributed by atoms with Crippen molar-refractivity contribution in [2.24, 2.45) is 5.73 Å². The summed E-state index contributed by atoms with van der Waals surface area (Å²) in [5, 5.41) is 10.1. The van der Waals surface area contributed by atoms with E-state index in [9.17, 15) is 5.11 Å². The summed E-state index contributed by atoms with van der Waals surface area (Å²) in [4.78, 5) is 6.76. The molecule has 1 aromatic rings. The molecule has 1 aliphatic rings. The van der Waals surface area contributed by atoms with Gasteiger partial charge in [0.25, 0.3) is 0 Å². The van der Waals surface area contributed by atoms with Crippen LogP contribution in [0.3, 0.4) is 0 Å². The highest BCUT2D eigenvalue weighted by molar-refractivity contribution is 5.09. The maximum absolute atomic E-state index is 10.1. The summed E-state index contributed by atoms with van der Waals surface area (Å²) < 4.78 is 0. The molecule has 0 radical (unpaired) electrons. The molecule has 0 spiro atoms. The molecule has 1 saturated heterocycles. The standard InChI is InChI=1S/C14H23N3O/c1-14(18)6-4-9-17(10-7-14)13(11-15)12-5-2-3-8-16-12/h2-3,5,8,13,18H,4,6-7,9-11,15H2,1H3. The zero-order chi connectivity index (χ0) is 13.0. The topological polar surface area (TPSA) is 62.4 Å². The molecule has 3 N–H and O–H groups in total. The van der Waals surface area contributed by atoms with Crippen molar-refractivity contribution in [1.29, 1.82) is 0 Å². The molecule has 0 saturated carbocycles. The maximum atomic E-state index is 10.1. The summed E-state index contributed by atoms with van der Waals surface area (Å²) in [6, 6.07) is 6.12. The fourth-order valence-corrected chi connectivity index (χ4v) is 2.63. The van der Waals surface area contributed by atoms with Crippen molar-refractivity contribution in [3.05, 3.63) is 30.1 Å². The highest BCUT2D eigenvalue weighted by Crippen LogP contribution is 2.26. The second kappa shape index (κ2) is 5.78. The van der Waals surface area contributed by atoms with Crippen LogP contribution in [-0.4, -0.2) is 40.2 Å². The van der Waals surface area contributed by atoms with E-state index in [4.69, 9.17) is 5.73 Å². The van der Waals surface area contributed by atoms with Crippen molar-refractivity contribution in [1.82, 2.24) is 9.88 Å². The predicted octanol–water partition coefficient (Wildman–Crippen LogP) is 1.32. The summed E-state index contributed by atoms with van der Waals surface area (Å²) in [5.41, 5.74) is 6.41. The van der Waals surface area contributed by atoms with Crippen molar-refractivity contribution < 1.29 is 5.11 Å². The Morgan fingerprint density at radius 2 is 2.28 bits per heavy atom. The average molecular weight is 249 g/mol. The number of hydrogen-bond acceptors (Lipinski definition) is 4. The molecule has 2 heterocycles. The Morgan fingerprint density at radius 1 is 1.44 bits per heavy atom. The molecule has 2 atom stereocenters. The molecular weight excluding hydrogens is 226 g/mol. The monoisotopic (exact) mass is 249 g/mol.